The zero-order valence-electron chi connectivity index (χ0n) is 13.1. The van der Waals surface area contributed by atoms with Crippen molar-refractivity contribution in [1.29, 1.82) is 0 Å². The molecule has 2 aromatic rings. The van der Waals surface area contributed by atoms with Gasteiger partial charge in [0.25, 0.3) is 0 Å². The number of nitrogens with zero attached hydrogens (tertiary/aromatic N) is 2. The van der Waals surface area contributed by atoms with Crippen molar-refractivity contribution >= 4 is 11.8 Å². The first-order valence-corrected chi connectivity index (χ1v) is 7.57. The Morgan fingerprint density at radius 3 is 2.62 bits per heavy atom. The van der Waals surface area contributed by atoms with Gasteiger partial charge in [-0.25, -0.2) is 4.98 Å². The van der Waals surface area contributed by atoms with Gasteiger partial charge in [-0.3, -0.25) is 0 Å². The first-order chi connectivity index (χ1) is 10.2. The molecular weight excluding hydrogens is 260 g/mol. The highest BCUT2D eigenvalue weighted by atomic mass is 15.1. The second-order valence-corrected chi connectivity index (χ2v) is 5.33. The molecular formula is C17H24N4. The van der Waals surface area contributed by atoms with Gasteiger partial charge < -0.3 is 10.6 Å². The molecule has 0 saturated heterocycles. The minimum Gasteiger partial charge on any atom is -0.367 e. The number of rotatable bonds is 7. The Hall–Kier alpha value is -2.10. The zero-order valence-corrected chi connectivity index (χ0v) is 13.1. The molecule has 2 rings (SSSR count). The fourth-order valence-electron chi connectivity index (χ4n) is 2.04. The summed E-state index contributed by atoms with van der Waals surface area (Å²) in [4.78, 5) is 8.96. The highest BCUT2D eigenvalue weighted by Gasteiger charge is 2.04. The smallest absolute Gasteiger partial charge is 0.224 e. The summed E-state index contributed by atoms with van der Waals surface area (Å²) < 4.78 is 0. The van der Waals surface area contributed by atoms with Gasteiger partial charge in [-0.05, 0) is 32.3 Å². The van der Waals surface area contributed by atoms with Crippen LogP contribution in [0.3, 0.4) is 0 Å². The molecule has 0 saturated carbocycles. The summed E-state index contributed by atoms with van der Waals surface area (Å²) in [5.41, 5.74) is 2.29. The summed E-state index contributed by atoms with van der Waals surface area (Å²) in [5.74, 6) is 1.58. The summed E-state index contributed by atoms with van der Waals surface area (Å²) in [7, 11) is 0. The molecule has 4 heteroatoms. The molecule has 1 atom stereocenters. The molecule has 0 fully saturated rings. The predicted molar refractivity (Wildman–Crippen MR) is 88.8 cm³/mol. The zero-order chi connectivity index (χ0) is 15.1. The number of hydrogen-bond donors (Lipinski definition) is 2. The van der Waals surface area contributed by atoms with Crippen molar-refractivity contribution in [3.8, 4) is 0 Å². The molecule has 1 heterocycles. The molecule has 0 aliphatic carbocycles. The van der Waals surface area contributed by atoms with E-state index in [-0.39, 0.29) is 0 Å². The lowest BCUT2D eigenvalue weighted by Gasteiger charge is -2.14. The third kappa shape index (κ3) is 5.06. The van der Waals surface area contributed by atoms with Crippen LogP contribution < -0.4 is 10.6 Å². The third-order valence-corrected chi connectivity index (χ3v) is 3.40. The minimum atomic E-state index is 0.413. The molecule has 21 heavy (non-hydrogen) atoms. The highest BCUT2D eigenvalue weighted by molar-refractivity contribution is 5.42. The van der Waals surface area contributed by atoms with Crippen LogP contribution >= 0.6 is 0 Å². The van der Waals surface area contributed by atoms with Crippen molar-refractivity contribution in [3.05, 3.63) is 47.7 Å². The summed E-state index contributed by atoms with van der Waals surface area (Å²) in [6.07, 6.45) is 2.03. The van der Waals surface area contributed by atoms with E-state index in [1.807, 2.05) is 19.1 Å². The molecule has 112 valence electrons. The molecule has 1 aromatic heterocycles. The average Bonchev–Trinajstić information content (AvgIpc) is 2.47. The second-order valence-electron chi connectivity index (χ2n) is 5.33. The molecule has 1 unspecified atom stereocenters. The lowest BCUT2D eigenvalue weighted by Crippen LogP contribution is -2.16. The summed E-state index contributed by atoms with van der Waals surface area (Å²) >= 11 is 0. The van der Waals surface area contributed by atoms with Crippen LogP contribution in [0.4, 0.5) is 11.8 Å². The first-order valence-electron chi connectivity index (χ1n) is 7.57. The second kappa shape index (κ2) is 7.62. The van der Waals surface area contributed by atoms with E-state index in [1.165, 1.54) is 5.56 Å². The van der Waals surface area contributed by atoms with Crippen molar-refractivity contribution < 1.29 is 0 Å². The normalized spacial score (nSPS) is 12.0. The van der Waals surface area contributed by atoms with Crippen molar-refractivity contribution in [2.24, 2.45) is 0 Å². The van der Waals surface area contributed by atoms with Crippen LogP contribution in [0.1, 0.15) is 31.5 Å². The summed E-state index contributed by atoms with van der Waals surface area (Å²) in [6.45, 7) is 7.13. The van der Waals surface area contributed by atoms with Crippen LogP contribution in [0.15, 0.2) is 36.4 Å². The molecule has 0 aliphatic heterocycles. The maximum Gasteiger partial charge on any atom is 0.224 e. The van der Waals surface area contributed by atoms with Crippen LogP contribution in [0.2, 0.25) is 0 Å². The van der Waals surface area contributed by atoms with Crippen molar-refractivity contribution in [2.75, 3.05) is 17.2 Å². The van der Waals surface area contributed by atoms with Gasteiger partial charge in [0.1, 0.15) is 5.82 Å². The van der Waals surface area contributed by atoms with Gasteiger partial charge in [0.2, 0.25) is 5.95 Å². The Labute approximate surface area is 127 Å². The number of benzene rings is 1. The lowest BCUT2D eigenvalue weighted by molar-refractivity contribution is 0.758. The topological polar surface area (TPSA) is 49.8 Å². The van der Waals surface area contributed by atoms with Crippen molar-refractivity contribution in [2.45, 2.75) is 39.7 Å². The van der Waals surface area contributed by atoms with E-state index < -0.39 is 0 Å². The Morgan fingerprint density at radius 2 is 1.90 bits per heavy atom. The maximum atomic E-state index is 4.52. The van der Waals surface area contributed by atoms with Crippen molar-refractivity contribution in [1.82, 2.24) is 9.97 Å². The van der Waals surface area contributed by atoms with E-state index in [1.54, 1.807) is 0 Å². The van der Waals surface area contributed by atoms with Crippen LogP contribution in [0.5, 0.6) is 0 Å². The number of aryl methyl sites for hydroxylation is 1. The summed E-state index contributed by atoms with van der Waals surface area (Å²) in [6, 6.07) is 12.8. The van der Waals surface area contributed by atoms with Gasteiger partial charge in [0, 0.05) is 24.3 Å². The minimum absolute atomic E-state index is 0.413. The maximum absolute atomic E-state index is 4.52. The molecule has 4 nitrogen and oxygen atoms in total. The predicted octanol–water partition coefficient (Wildman–Crippen LogP) is 3.65. The lowest BCUT2D eigenvalue weighted by atomic mass is 10.1. The first kappa shape index (κ1) is 15.3. The third-order valence-electron chi connectivity index (χ3n) is 3.40. The molecule has 0 aliphatic rings. The van der Waals surface area contributed by atoms with Crippen molar-refractivity contribution in [3.63, 3.8) is 0 Å². The van der Waals surface area contributed by atoms with Crippen LogP contribution in [0, 0.1) is 6.92 Å². The monoisotopic (exact) mass is 284 g/mol. The van der Waals surface area contributed by atoms with Gasteiger partial charge in [0.05, 0.1) is 0 Å². The fourth-order valence-corrected chi connectivity index (χ4v) is 2.04. The highest BCUT2D eigenvalue weighted by Crippen LogP contribution is 2.11. The van der Waals surface area contributed by atoms with Crippen LogP contribution in [-0.4, -0.2) is 22.6 Å². The average molecular weight is 284 g/mol. The van der Waals surface area contributed by atoms with E-state index in [2.05, 4.69) is 58.7 Å². The van der Waals surface area contributed by atoms with E-state index in [0.29, 0.717) is 12.0 Å². The quantitative estimate of drug-likeness (QED) is 0.815. The Morgan fingerprint density at radius 1 is 1.14 bits per heavy atom. The fraction of sp³-hybridized carbons (Fsp3) is 0.412. The van der Waals surface area contributed by atoms with Crippen LogP contribution in [0.25, 0.3) is 0 Å². The largest absolute Gasteiger partial charge is 0.367 e. The van der Waals surface area contributed by atoms with Gasteiger partial charge >= 0.3 is 0 Å². The Kier molecular flexibility index (Phi) is 5.55. The number of anilines is 2. The van der Waals surface area contributed by atoms with Gasteiger partial charge in [-0.2, -0.15) is 4.98 Å². The molecule has 1 aromatic carbocycles. The molecule has 0 radical (unpaired) electrons. The standard InChI is InChI=1S/C17H24N4/c1-4-13(2)19-16-12-14(3)20-17(21-16)18-11-10-15-8-6-5-7-9-15/h5-9,12-13H,4,10-11H2,1-3H3,(H2,18,19,20,21). The Bertz CT molecular complexity index is 554. The number of hydrogen-bond acceptors (Lipinski definition) is 4. The molecule has 0 bridgehead atoms. The van der Waals surface area contributed by atoms with Gasteiger partial charge in [0.15, 0.2) is 0 Å². The number of nitrogens with one attached hydrogen (secondary N) is 2. The van der Waals surface area contributed by atoms with Crippen LogP contribution in [-0.2, 0) is 6.42 Å². The van der Waals surface area contributed by atoms with E-state index in [9.17, 15) is 0 Å². The number of aromatic nitrogens is 2. The van der Waals surface area contributed by atoms with E-state index in [4.69, 9.17) is 0 Å². The van der Waals surface area contributed by atoms with Gasteiger partial charge in [-0.15, -0.1) is 0 Å². The SMILES string of the molecule is CCC(C)Nc1cc(C)nc(NCCc2ccccc2)n1. The molecule has 0 spiro atoms. The Balaban J connectivity index is 1.93. The summed E-state index contributed by atoms with van der Waals surface area (Å²) in [5, 5.41) is 6.69. The molecule has 2 N–H and O–H groups in total. The van der Waals surface area contributed by atoms with E-state index in [0.717, 1.165) is 30.9 Å². The molecule has 0 amide bonds. The van der Waals surface area contributed by atoms with Gasteiger partial charge in [-0.1, -0.05) is 37.3 Å². The van der Waals surface area contributed by atoms with E-state index >= 15 is 0 Å².